The number of fused-ring (bicyclic) bond motifs is 1. The van der Waals surface area contributed by atoms with Crippen LogP contribution in [0.4, 0.5) is 4.39 Å². The summed E-state index contributed by atoms with van der Waals surface area (Å²) in [4.78, 5) is 4.24. The molecule has 5 heteroatoms. The van der Waals surface area contributed by atoms with E-state index >= 15 is 0 Å². The van der Waals surface area contributed by atoms with Gasteiger partial charge in [0.05, 0.1) is 5.02 Å². The molecule has 0 amide bonds. The topological polar surface area (TPSA) is 52.0 Å². The Bertz CT molecular complexity index is 500. The molecule has 2 rings (SSSR count). The maximum Gasteiger partial charge on any atom is 0.197 e. The zero-order chi connectivity index (χ0) is 12.6. The van der Waals surface area contributed by atoms with E-state index in [-0.39, 0.29) is 11.1 Å². The first-order valence-corrected chi connectivity index (χ1v) is 5.85. The van der Waals surface area contributed by atoms with Crippen LogP contribution in [0.1, 0.15) is 19.7 Å². The predicted octanol–water partition coefficient (Wildman–Crippen LogP) is 3.15. The van der Waals surface area contributed by atoms with E-state index in [1.165, 1.54) is 12.1 Å². The van der Waals surface area contributed by atoms with Crippen LogP contribution < -0.4 is 5.73 Å². The van der Waals surface area contributed by atoms with Crippen molar-refractivity contribution in [2.24, 2.45) is 11.7 Å². The number of hydrogen-bond donors (Lipinski definition) is 1. The van der Waals surface area contributed by atoms with E-state index < -0.39 is 5.82 Å². The van der Waals surface area contributed by atoms with Gasteiger partial charge in [-0.1, -0.05) is 25.4 Å². The molecule has 1 heterocycles. The van der Waals surface area contributed by atoms with Crippen molar-refractivity contribution in [3.63, 3.8) is 0 Å². The Morgan fingerprint density at radius 2 is 2.18 bits per heavy atom. The largest absolute Gasteiger partial charge is 0.441 e. The lowest BCUT2D eigenvalue weighted by Crippen LogP contribution is -2.28. The molecule has 0 radical (unpaired) electrons. The van der Waals surface area contributed by atoms with E-state index in [1.807, 2.05) is 13.8 Å². The average molecular weight is 257 g/mol. The van der Waals surface area contributed by atoms with Gasteiger partial charge in [0.15, 0.2) is 11.5 Å². The van der Waals surface area contributed by atoms with Crippen molar-refractivity contribution in [3.8, 4) is 0 Å². The Morgan fingerprint density at radius 3 is 2.82 bits per heavy atom. The van der Waals surface area contributed by atoms with Gasteiger partial charge in [-0.15, -0.1) is 0 Å². The van der Waals surface area contributed by atoms with E-state index in [1.54, 1.807) is 0 Å². The van der Waals surface area contributed by atoms with E-state index in [4.69, 9.17) is 21.8 Å². The molecule has 17 heavy (non-hydrogen) atoms. The molecule has 0 aliphatic carbocycles. The second-order valence-electron chi connectivity index (χ2n) is 4.45. The average Bonchev–Trinajstić information content (AvgIpc) is 2.60. The summed E-state index contributed by atoms with van der Waals surface area (Å²) in [6, 6.07) is 2.68. The maximum atomic E-state index is 13.2. The number of halogens is 2. The number of aromatic nitrogens is 1. The molecule has 0 bridgehead atoms. The Hall–Kier alpha value is -1.13. The summed E-state index contributed by atoms with van der Waals surface area (Å²) < 4.78 is 18.6. The third kappa shape index (κ3) is 2.58. The second kappa shape index (κ2) is 4.63. The fraction of sp³-hybridized carbons (Fsp3) is 0.417. The molecule has 2 N–H and O–H groups in total. The van der Waals surface area contributed by atoms with Crippen molar-refractivity contribution in [2.75, 3.05) is 0 Å². The number of oxazole rings is 1. The quantitative estimate of drug-likeness (QED) is 0.918. The van der Waals surface area contributed by atoms with E-state index in [0.717, 1.165) is 0 Å². The number of nitrogens with zero attached hydrogens (tertiary/aromatic N) is 1. The van der Waals surface area contributed by atoms with Crippen LogP contribution in [-0.2, 0) is 6.42 Å². The highest BCUT2D eigenvalue weighted by atomic mass is 35.5. The SMILES string of the molecule is CC(C)C(N)Cc1nc2cc(Cl)c(F)cc2o1. The lowest BCUT2D eigenvalue weighted by atomic mass is 10.0. The van der Waals surface area contributed by atoms with Crippen molar-refractivity contribution >= 4 is 22.7 Å². The molecule has 2 aromatic rings. The molecule has 1 aromatic carbocycles. The molecule has 0 fully saturated rings. The van der Waals surface area contributed by atoms with Crippen molar-refractivity contribution in [2.45, 2.75) is 26.3 Å². The molecule has 3 nitrogen and oxygen atoms in total. The van der Waals surface area contributed by atoms with Gasteiger partial charge >= 0.3 is 0 Å². The Balaban J connectivity index is 2.32. The van der Waals surface area contributed by atoms with Gasteiger partial charge in [0, 0.05) is 18.5 Å². The molecular formula is C12H14ClFN2O. The molecule has 0 spiro atoms. The first kappa shape index (κ1) is 12.3. The van der Waals surface area contributed by atoms with Gasteiger partial charge in [-0.05, 0) is 12.0 Å². The van der Waals surface area contributed by atoms with Gasteiger partial charge in [-0.3, -0.25) is 0 Å². The fourth-order valence-electron chi connectivity index (χ4n) is 1.50. The molecule has 1 atom stereocenters. The van der Waals surface area contributed by atoms with Gasteiger partial charge in [0.25, 0.3) is 0 Å². The minimum atomic E-state index is -0.505. The zero-order valence-corrected chi connectivity index (χ0v) is 10.5. The van der Waals surface area contributed by atoms with Crippen LogP contribution in [0, 0.1) is 11.7 Å². The van der Waals surface area contributed by atoms with Crippen LogP contribution in [0.2, 0.25) is 5.02 Å². The van der Waals surface area contributed by atoms with Crippen LogP contribution in [0.15, 0.2) is 16.5 Å². The molecule has 0 saturated carbocycles. The van der Waals surface area contributed by atoms with Gasteiger partial charge in [-0.2, -0.15) is 0 Å². The van der Waals surface area contributed by atoms with Crippen LogP contribution in [0.3, 0.4) is 0 Å². The summed E-state index contributed by atoms with van der Waals surface area (Å²) in [5.74, 6) is 0.350. The minimum Gasteiger partial charge on any atom is -0.441 e. The zero-order valence-electron chi connectivity index (χ0n) is 9.71. The minimum absolute atomic E-state index is 0.0246. The van der Waals surface area contributed by atoms with E-state index in [9.17, 15) is 4.39 Å². The van der Waals surface area contributed by atoms with Gasteiger partial charge in [-0.25, -0.2) is 9.37 Å². The third-order valence-corrected chi connectivity index (χ3v) is 3.03. The van der Waals surface area contributed by atoms with Crippen LogP contribution in [0.5, 0.6) is 0 Å². The van der Waals surface area contributed by atoms with Crippen molar-refractivity contribution in [3.05, 3.63) is 28.9 Å². The summed E-state index contributed by atoms with van der Waals surface area (Å²) in [5.41, 5.74) is 6.89. The Labute approximate surface area is 104 Å². The van der Waals surface area contributed by atoms with Gasteiger partial charge in [0.1, 0.15) is 11.3 Å². The summed E-state index contributed by atoms with van der Waals surface area (Å²) in [7, 11) is 0. The highest BCUT2D eigenvalue weighted by molar-refractivity contribution is 6.31. The smallest absolute Gasteiger partial charge is 0.197 e. The lowest BCUT2D eigenvalue weighted by molar-refractivity contribution is 0.432. The van der Waals surface area contributed by atoms with Crippen LogP contribution in [-0.4, -0.2) is 11.0 Å². The predicted molar refractivity (Wildman–Crippen MR) is 65.5 cm³/mol. The van der Waals surface area contributed by atoms with Crippen LogP contribution in [0.25, 0.3) is 11.1 Å². The number of rotatable bonds is 3. The molecule has 0 aliphatic heterocycles. The highest BCUT2D eigenvalue weighted by Crippen LogP contribution is 2.24. The molecule has 1 aromatic heterocycles. The van der Waals surface area contributed by atoms with E-state index in [0.29, 0.717) is 29.3 Å². The van der Waals surface area contributed by atoms with Crippen molar-refractivity contribution in [1.82, 2.24) is 4.98 Å². The third-order valence-electron chi connectivity index (χ3n) is 2.74. The van der Waals surface area contributed by atoms with Crippen LogP contribution >= 0.6 is 11.6 Å². The summed E-state index contributed by atoms with van der Waals surface area (Å²) >= 11 is 5.67. The fourth-order valence-corrected chi connectivity index (χ4v) is 1.65. The monoisotopic (exact) mass is 256 g/mol. The molecule has 1 unspecified atom stereocenters. The Morgan fingerprint density at radius 1 is 1.47 bits per heavy atom. The second-order valence-corrected chi connectivity index (χ2v) is 4.86. The normalized spacial score (nSPS) is 13.5. The summed E-state index contributed by atoms with van der Waals surface area (Å²) in [6.07, 6.45) is 0.533. The van der Waals surface area contributed by atoms with Gasteiger partial charge in [0.2, 0.25) is 0 Å². The lowest BCUT2D eigenvalue weighted by Gasteiger charge is -2.12. The molecule has 0 aliphatic rings. The van der Waals surface area contributed by atoms with E-state index in [2.05, 4.69) is 4.98 Å². The molecule has 92 valence electrons. The Kier molecular flexibility index (Phi) is 3.35. The molecule has 0 saturated heterocycles. The van der Waals surface area contributed by atoms with Gasteiger partial charge < -0.3 is 10.2 Å². The van der Waals surface area contributed by atoms with Crippen molar-refractivity contribution < 1.29 is 8.81 Å². The summed E-state index contributed by atoms with van der Waals surface area (Å²) in [6.45, 7) is 4.06. The standard InChI is InChI=1S/C12H14ClFN2O/c1-6(2)9(15)5-12-16-10-3-7(13)8(14)4-11(10)17-12/h3-4,6,9H,5,15H2,1-2H3. The number of benzene rings is 1. The maximum absolute atomic E-state index is 13.2. The molecular weight excluding hydrogens is 243 g/mol. The number of nitrogens with two attached hydrogens (primary N) is 1. The number of hydrogen-bond acceptors (Lipinski definition) is 3. The summed E-state index contributed by atoms with van der Waals surface area (Å²) in [5, 5.41) is 0.0468. The first-order valence-electron chi connectivity index (χ1n) is 5.47. The first-order chi connectivity index (χ1) is 7.97. The highest BCUT2D eigenvalue weighted by Gasteiger charge is 2.14. The van der Waals surface area contributed by atoms with Crippen molar-refractivity contribution in [1.29, 1.82) is 0 Å².